The molecule has 0 saturated heterocycles. The smallest absolute Gasteiger partial charge is 0.338 e. The van der Waals surface area contributed by atoms with Crippen LogP contribution in [0.1, 0.15) is 21.6 Å². The molecular formula is C20H18ClN3O3. The molecule has 0 bridgehead atoms. The van der Waals surface area contributed by atoms with E-state index in [0.29, 0.717) is 16.3 Å². The topological polar surface area (TPSA) is 73.2 Å². The van der Waals surface area contributed by atoms with Crippen LogP contribution >= 0.6 is 11.6 Å². The third-order valence-electron chi connectivity index (χ3n) is 4.06. The number of esters is 1. The maximum atomic E-state index is 12.1. The summed E-state index contributed by atoms with van der Waals surface area (Å²) in [6.45, 7) is 3.35. The molecule has 0 saturated carbocycles. The van der Waals surface area contributed by atoms with Crippen LogP contribution in [0.5, 0.6) is 0 Å². The van der Waals surface area contributed by atoms with Crippen LogP contribution in [0.2, 0.25) is 5.02 Å². The molecule has 1 heterocycles. The van der Waals surface area contributed by atoms with Crippen molar-refractivity contribution in [2.24, 2.45) is 0 Å². The van der Waals surface area contributed by atoms with Crippen LogP contribution in [0.25, 0.3) is 5.69 Å². The van der Waals surface area contributed by atoms with E-state index in [4.69, 9.17) is 16.3 Å². The molecule has 0 fully saturated rings. The normalized spacial score (nSPS) is 10.5. The second kappa shape index (κ2) is 8.05. The van der Waals surface area contributed by atoms with E-state index in [1.165, 1.54) is 0 Å². The van der Waals surface area contributed by atoms with Crippen molar-refractivity contribution in [1.29, 1.82) is 0 Å². The van der Waals surface area contributed by atoms with Gasteiger partial charge in [0.2, 0.25) is 0 Å². The highest BCUT2D eigenvalue weighted by atomic mass is 35.5. The summed E-state index contributed by atoms with van der Waals surface area (Å²) in [6, 6.07) is 13.9. The molecule has 27 heavy (non-hydrogen) atoms. The van der Waals surface area contributed by atoms with Crippen molar-refractivity contribution in [2.45, 2.75) is 13.8 Å². The molecule has 0 spiro atoms. The summed E-state index contributed by atoms with van der Waals surface area (Å²) in [5.74, 6) is -1.01. The van der Waals surface area contributed by atoms with E-state index in [0.717, 1.165) is 16.9 Å². The van der Waals surface area contributed by atoms with Gasteiger partial charge < -0.3 is 10.1 Å². The SMILES string of the molecule is Cc1c(Cl)cccc1NC(=O)COC(=O)c1ccc(-n2nccc2C)cc1. The predicted molar refractivity (Wildman–Crippen MR) is 103 cm³/mol. The minimum atomic E-state index is -0.572. The van der Waals surface area contributed by atoms with Crippen molar-refractivity contribution in [3.63, 3.8) is 0 Å². The first-order chi connectivity index (χ1) is 13.0. The second-order valence-electron chi connectivity index (χ2n) is 5.97. The van der Waals surface area contributed by atoms with Gasteiger partial charge in [-0.1, -0.05) is 17.7 Å². The van der Waals surface area contributed by atoms with Gasteiger partial charge in [-0.2, -0.15) is 5.10 Å². The van der Waals surface area contributed by atoms with Crippen LogP contribution < -0.4 is 5.32 Å². The number of anilines is 1. The van der Waals surface area contributed by atoms with Crippen molar-refractivity contribution in [2.75, 3.05) is 11.9 Å². The van der Waals surface area contributed by atoms with E-state index in [1.54, 1.807) is 60.3 Å². The summed E-state index contributed by atoms with van der Waals surface area (Å²) in [5, 5.41) is 7.44. The van der Waals surface area contributed by atoms with Gasteiger partial charge in [0.25, 0.3) is 5.91 Å². The Morgan fingerprint density at radius 1 is 1.11 bits per heavy atom. The number of benzene rings is 2. The van der Waals surface area contributed by atoms with E-state index < -0.39 is 11.9 Å². The van der Waals surface area contributed by atoms with E-state index in [2.05, 4.69) is 10.4 Å². The molecule has 0 radical (unpaired) electrons. The molecule has 1 aromatic heterocycles. The van der Waals surface area contributed by atoms with Gasteiger partial charge in [0.05, 0.1) is 11.3 Å². The Hall–Kier alpha value is -3.12. The zero-order valence-electron chi connectivity index (χ0n) is 14.9. The van der Waals surface area contributed by atoms with Crippen LogP contribution in [-0.2, 0) is 9.53 Å². The van der Waals surface area contributed by atoms with Crippen molar-refractivity contribution in [1.82, 2.24) is 9.78 Å². The number of carbonyl (C=O) groups excluding carboxylic acids is 2. The first kappa shape index (κ1) is 18.7. The lowest BCUT2D eigenvalue weighted by molar-refractivity contribution is -0.119. The lowest BCUT2D eigenvalue weighted by Crippen LogP contribution is -2.21. The predicted octanol–water partition coefficient (Wildman–Crippen LogP) is 3.94. The lowest BCUT2D eigenvalue weighted by atomic mass is 10.2. The average Bonchev–Trinajstić information content (AvgIpc) is 3.09. The molecular weight excluding hydrogens is 366 g/mol. The third kappa shape index (κ3) is 4.35. The molecule has 3 rings (SSSR count). The fourth-order valence-corrected chi connectivity index (χ4v) is 2.70. The zero-order valence-corrected chi connectivity index (χ0v) is 15.7. The lowest BCUT2D eigenvalue weighted by Gasteiger charge is -2.10. The summed E-state index contributed by atoms with van der Waals surface area (Å²) >= 11 is 6.02. The fraction of sp³-hybridized carbons (Fsp3) is 0.150. The van der Waals surface area contributed by atoms with Gasteiger partial charge >= 0.3 is 5.97 Å². The van der Waals surface area contributed by atoms with E-state index in [-0.39, 0.29) is 6.61 Å². The molecule has 3 aromatic rings. The molecule has 0 aliphatic rings. The van der Waals surface area contributed by atoms with Gasteiger partial charge in [-0.15, -0.1) is 0 Å². The number of hydrogen-bond donors (Lipinski definition) is 1. The first-order valence-electron chi connectivity index (χ1n) is 8.29. The number of nitrogens with zero attached hydrogens (tertiary/aromatic N) is 2. The van der Waals surface area contributed by atoms with Crippen molar-refractivity contribution >= 4 is 29.2 Å². The third-order valence-corrected chi connectivity index (χ3v) is 4.47. The standard InChI is InChI=1S/C20H18ClN3O3/c1-13-10-11-22-24(13)16-8-6-15(7-9-16)20(26)27-12-19(25)23-18-5-3-4-17(21)14(18)2/h3-11H,12H2,1-2H3,(H,23,25). The van der Waals surface area contributed by atoms with E-state index in [9.17, 15) is 9.59 Å². The maximum Gasteiger partial charge on any atom is 0.338 e. The number of hydrogen-bond acceptors (Lipinski definition) is 4. The van der Waals surface area contributed by atoms with Crippen molar-refractivity contribution in [3.05, 3.63) is 76.6 Å². The minimum absolute atomic E-state index is 0.357. The summed E-state index contributed by atoms with van der Waals surface area (Å²) in [5.41, 5.74) is 3.52. The molecule has 1 amide bonds. The molecule has 6 nitrogen and oxygen atoms in total. The summed E-state index contributed by atoms with van der Waals surface area (Å²) in [6.07, 6.45) is 1.71. The number of nitrogens with one attached hydrogen (secondary N) is 1. The van der Waals surface area contributed by atoms with E-state index >= 15 is 0 Å². The molecule has 0 unspecified atom stereocenters. The van der Waals surface area contributed by atoms with Crippen molar-refractivity contribution in [3.8, 4) is 5.69 Å². The summed E-state index contributed by atoms with van der Waals surface area (Å²) in [4.78, 5) is 24.2. The Kier molecular flexibility index (Phi) is 5.57. The van der Waals surface area contributed by atoms with Crippen LogP contribution in [0, 0.1) is 13.8 Å². The Labute approximate surface area is 161 Å². The number of carbonyl (C=O) groups is 2. The number of aryl methyl sites for hydroxylation is 1. The minimum Gasteiger partial charge on any atom is -0.452 e. The number of halogens is 1. The Bertz CT molecular complexity index is 980. The highest BCUT2D eigenvalue weighted by Crippen LogP contribution is 2.22. The quantitative estimate of drug-likeness (QED) is 0.677. The van der Waals surface area contributed by atoms with Gasteiger partial charge in [0.1, 0.15) is 0 Å². The fourth-order valence-electron chi connectivity index (χ4n) is 2.52. The molecule has 2 aromatic carbocycles. The Morgan fingerprint density at radius 3 is 2.52 bits per heavy atom. The van der Waals surface area contributed by atoms with Crippen molar-refractivity contribution < 1.29 is 14.3 Å². The molecule has 0 atom stereocenters. The van der Waals surface area contributed by atoms with Gasteiger partial charge in [-0.05, 0) is 61.9 Å². The van der Waals surface area contributed by atoms with E-state index in [1.807, 2.05) is 13.0 Å². The van der Waals surface area contributed by atoms with Gasteiger partial charge in [-0.25, -0.2) is 9.48 Å². The van der Waals surface area contributed by atoms with Crippen LogP contribution in [0.4, 0.5) is 5.69 Å². The Morgan fingerprint density at radius 2 is 1.85 bits per heavy atom. The molecule has 138 valence electrons. The van der Waals surface area contributed by atoms with Gasteiger partial charge in [0, 0.05) is 22.6 Å². The molecule has 0 aliphatic carbocycles. The largest absolute Gasteiger partial charge is 0.452 e. The first-order valence-corrected chi connectivity index (χ1v) is 8.66. The van der Waals surface area contributed by atoms with Gasteiger partial charge in [0.15, 0.2) is 6.61 Å². The Balaban J connectivity index is 1.58. The van der Waals surface area contributed by atoms with Crippen LogP contribution in [0.3, 0.4) is 0 Å². The maximum absolute atomic E-state index is 12.1. The number of aromatic nitrogens is 2. The summed E-state index contributed by atoms with van der Waals surface area (Å²) in [7, 11) is 0. The van der Waals surface area contributed by atoms with Crippen LogP contribution in [-0.4, -0.2) is 28.3 Å². The highest BCUT2D eigenvalue weighted by molar-refractivity contribution is 6.31. The second-order valence-corrected chi connectivity index (χ2v) is 6.38. The number of rotatable bonds is 5. The molecule has 0 aliphatic heterocycles. The summed E-state index contributed by atoms with van der Waals surface area (Å²) < 4.78 is 6.84. The highest BCUT2D eigenvalue weighted by Gasteiger charge is 2.12. The number of amides is 1. The molecule has 1 N–H and O–H groups in total. The zero-order chi connectivity index (χ0) is 19.4. The van der Waals surface area contributed by atoms with Gasteiger partial charge in [-0.3, -0.25) is 4.79 Å². The number of ether oxygens (including phenoxy) is 1. The monoisotopic (exact) mass is 383 g/mol. The van der Waals surface area contributed by atoms with Crippen LogP contribution in [0.15, 0.2) is 54.7 Å². The molecule has 7 heteroatoms. The average molecular weight is 384 g/mol.